The number of amides is 2. The van der Waals surface area contributed by atoms with Crippen LogP contribution in [0.25, 0.3) is 21.8 Å². The predicted molar refractivity (Wildman–Crippen MR) is 122 cm³/mol. The maximum Gasteiger partial charge on any atom is 0.272 e. The predicted octanol–water partition coefficient (Wildman–Crippen LogP) is 3.55. The summed E-state index contributed by atoms with van der Waals surface area (Å²) in [5.41, 5.74) is 7.16. The largest absolute Gasteiger partial charge is 0.383 e. The van der Waals surface area contributed by atoms with E-state index in [1.165, 1.54) is 13.1 Å². The molecule has 1 aliphatic carbocycles. The van der Waals surface area contributed by atoms with Crippen molar-refractivity contribution in [2.75, 3.05) is 12.8 Å². The maximum atomic E-state index is 14.4. The Kier molecular flexibility index (Phi) is 5.34. The number of pyridine rings is 1. The molecule has 180 valence electrons. The van der Waals surface area contributed by atoms with Crippen molar-refractivity contribution in [1.29, 1.82) is 0 Å². The third-order valence-corrected chi connectivity index (χ3v) is 6.21. The number of hydrogen-bond donors (Lipinski definition) is 1. The zero-order chi connectivity index (χ0) is 25.0. The fourth-order valence-corrected chi connectivity index (χ4v) is 4.11. The lowest BCUT2D eigenvalue weighted by Gasteiger charge is -2.32. The van der Waals surface area contributed by atoms with Crippen molar-refractivity contribution >= 4 is 39.4 Å². The lowest BCUT2D eigenvalue weighted by atomic mass is 10.1. The van der Waals surface area contributed by atoms with Crippen molar-refractivity contribution in [3.63, 3.8) is 0 Å². The highest BCUT2D eigenvalue weighted by Crippen LogP contribution is 2.32. The van der Waals surface area contributed by atoms with Crippen LogP contribution in [0.1, 0.15) is 28.8 Å². The topological polar surface area (TPSA) is 97.3 Å². The van der Waals surface area contributed by atoms with Crippen LogP contribution >= 0.6 is 0 Å². The number of aromatic nitrogens is 3. The van der Waals surface area contributed by atoms with E-state index < -0.39 is 29.9 Å². The van der Waals surface area contributed by atoms with E-state index in [0.717, 1.165) is 10.0 Å². The van der Waals surface area contributed by atoms with Crippen molar-refractivity contribution in [2.45, 2.75) is 19.4 Å². The van der Waals surface area contributed by atoms with E-state index in [0.29, 0.717) is 52.6 Å². The van der Waals surface area contributed by atoms with Crippen LogP contribution in [0, 0.1) is 23.4 Å². The highest BCUT2D eigenvalue weighted by molar-refractivity contribution is 6.10. The number of benzene rings is 2. The van der Waals surface area contributed by atoms with Gasteiger partial charge in [-0.1, -0.05) is 0 Å². The first-order valence-electron chi connectivity index (χ1n) is 10.9. The number of hydrazine groups is 1. The first-order valence-corrected chi connectivity index (χ1v) is 10.9. The molecule has 11 heteroatoms. The molecule has 4 aromatic rings. The second kappa shape index (κ2) is 8.26. The van der Waals surface area contributed by atoms with Gasteiger partial charge in [-0.25, -0.2) is 23.2 Å². The standard InChI is InChI=1S/C24H21F3N6O2/c1-31-21-15-7-13(5-6-20(15)30-22(28)16(21)10-29-31)24(35)33(32(2)23(34)12-3-4-12)11-14-8-18(26)19(27)9-17(14)25/h5-10,12H,3-4,11H2,1-2H3,(H2,28,30). The summed E-state index contributed by atoms with van der Waals surface area (Å²) in [4.78, 5) is 30.8. The summed E-state index contributed by atoms with van der Waals surface area (Å²) in [5.74, 6) is -4.49. The Balaban J connectivity index is 1.59. The summed E-state index contributed by atoms with van der Waals surface area (Å²) in [7, 11) is 3.13. The zero-order valence-electron chi connectivity index (χ0n) is 18.9. The van der Waals surface area contributed by atoms with E-state index in [1.807, 2.05) is 0 Å². The highest BCUT2D eigenvalue weighted by atomic mass is 19.2. The van der Waals surface area contributed by atoms with Gasteiger partial charge in [-0.2, -0.15) is 5.10 Å². The van der Waals surface area contributed by atoms with Gasteiger partial charge in [0, 0.05) is 42.6 Å². The van der Waals surface area contributed by atoms with Gasteiger partial charge in [-0.05, 0) is 37.1 Å². The van der Waals surface area contributed by atoms with Gasteiger partial charge in [0.25, 0.3) is 5.91 Å². The number of anilines is 1. The Bertz CT molecular complexity index is 1510. The fourth-order valence-electron chi connectivity index (χ4n) is 4.11. The summed E-state index contributed by atoms with van der Waals surface area (Å²) < 4.78 is 43.3. The molecule has 0 atom stereocenters. The number of fused-ring (bicyclic) bond motifs is 3. The Labute approximate surface area is 197 Å². The van der Waals surface area contributed by atoms with Gasteiger partial charge in [0.15, 0.2) is 11.6 Å². The number of carbonyl (C=O) groups is 2. The Morgan fingerprint density at radius 3 is 2.51 bits per heavy atom. The zero-order valence-corrected chi connectivity index (χ0v) is 18.9. The number of nitrogens with zero attached hydrogens (tertiary/aromatic N) is 5. The van der Waals surface area contributed by atoms with Crippen LogP contribution in [-0.4, -0.2) is 43.6 Å². The van der Waals surface area contributed by atoms with Crippen molar-refractivity contribution in [3.8, 4) is 0 Å². The molecule has 2 aromatic heterocycles. The molecular formula is C24H21F3N6O2. The van der Waals surface area contributed by atoms with Gasteiger partial charge in [0.1, 0.15) is 11.6 Å². The van der Waals surface area contributed by atoms with Crippen molar-refractivity contribution < 1.29 is 22.8 Å². The molecule has 2 N–H and O–H groups in total. The number of carbonyl (C=O) groups excluding carboxylic acids is 2. The Morgan fingerprint density at radius 2 is 1.80 bits per heavy atom. The van der Waals surface area contributed by atoms with Gasteiger partial charge in [-0.15, -0.1) is 0 Å². The molecule has 1 saturated carbocycles. The van der Waals surface area contributed by atoms with E-state index in [4.69, 9.17) is 5.73 Å². The summed E-state index contributed by atoms with van der Waals surface area (Å²) in [5, 5.41) is 7.59. The minimum Gasteiger partial charge on any atom is -0.383 e. The Hall–Kier alpha value is -4.15. The number of aryl methyl sites for hydroxylation is 1. The van der Waals surface area contributed by atoms with Gasteiger partial charge < -0.3 is 5.73 Å². The molecule has 2 aromatic carbocycles. The smallest absolute Gasteiger partial charge is 0.272 e. The van der Waals surface area contributed by atoms with Gasteiger partial charge in [0.2, 0.25) is 5.91 Å². The third kappa shape index (κ3) is 3.92. The molecule has 0 aliphatic heterocycles. The Morgan fingerprint density at radius 1 is 1.09 bits per heavy atom. The molecule has 0 bridgehead atoms. The summed E-state index contributed by atoms with van der Waals surface area (Å²) in [6.45, 7) is -0.476. The molecule has 1 aliphatic rings. The molecule has 5 rings (SSSR count). The van der Waals surface area contributed by atoms with E-state index in [9.17, 15) is 22.8 Å². The molecular weight excluding hydrogens is 461 g/mol. The SMILES string of the molecule is CN(C(=O)C1CC1)N(Cc1cc(F)c(F)cc1F)C(=O)c1ccc2nc(N)c3cnn(C)c3c2c1. The quantitative estimate of drug-likeness (QED) is 0.355. The highest BCUT2D eigenvalue weighted by Gasteiger charge is 2.36. The molecule has 0 unspecified atom stereocenters. The van der Waals surface area contributed by atoms with Crippen LogP contribution in [0.5, 0.6) is 0 Å². The monoisotopic (exact) mass is 482 g/mol. The second-order valence-electron chi connectivity index (χ2n) is 8.62. The van der Waals surface area contributed by atoms with E-state index in [1.54, 1.807) is 30.1 Å². The van der Waals surface area contributed by atoms with E-state index >= 15 is 0 Å². The van der Waals surface area contributed by atoms with Gasteiger partial charge >= 0.3 is 0 Å². The van der Waals surface area contributed by atoms with Crippen LogP contribution in [0.15, 0.2) is 36.5 Å². The summed E-state index contributed by atoms with van der Waals surface area (Å²) >= 11 is 0. The molecule has 35 heavy (non-hydrogen) atoms. The van der Waals surface area contributed by atoms with Crippen LogP contribution in [-0.2, 0) is 18.4 Å². The molecule has 0 radical (unpaired) electrons. The fraction of sp³-hybridized carbons (Fsp3) is 0.250. The van der Waals surface area contributed by atoms with Crippen molar-refractivity contribution in [1.82, 2.24) is 24.8 Å². The molecule has 1 fully saturated rings. The third-order valence-electron chi connectivity index (χ3n) is 6.21. The van der Waals surface area contributed by atoms with Gasteiger partial charge in [0.05, 0.1) is 29.2 Å². The van der Waals surface area contributed by atoms with Crippen LogP contribution in [0.4, 0.5) is 19.0 Å². The maximum absolute atomic E-state index is 14.4. The number of hydrogen-bond acceptors (Lipinski definition) is 5. The van der Waals surface area contributed by atoms with E-state index in [-0.39, 0.29) is 23.0 Å². The number of halogens is 3. The van der Waals surface area contributed by atoms with Crippen molar-refractivity contribution in [2.24, 2.45) is 13.0 Å². The average molecular weight is 482 g/mol. The number of nitrogens with two attached hydrogens (primary N) is 1. The molecule has 8 nitrogen and oxygen atoms in total. The first kappa shape index (κ1) is 22.6. The molecule has 0 saturated heterocycles. The summed E-state index contributed by atoms with van der Waals surface area (Å²) in [6, 6.07) is 5.83. The van der Waals surface area contributed by atoms with Crippen LogP contribution < -0.4 is 5.73 Å². The lowest BCUT2D eigenvalue weighted by Crippen LogP contribution is -2.47. The average Bonchev–Trinajstić information content (AvgIpc) is 3.61. The lowest BCUT2D eigenvalue weighted by molar-refractivity contribution is -0.144. The van der Waals surface area contributed by atoms with Gasteiger partial charge in [-0.3, -0.25) is 19.3 Å². The number of rotatable bonds is 4. The summed E-state index contributed by atoms with van der Waals surface area (Å²) in [6.07, 6.45) is 2.95. The first-order chi connectivity index (χ1) is 16.7. The van der Waals surface area contributed by atoms with E-state index in [2.05, 4.69) is 10.1 Å². The molecule has 0 spiro atoms. The minimum absolute atomic E-state index is 0.185. The minimum atomic E-state index is -1.34. The van der Waals surface area contributed by atoms with Crippen molar-refractivity contribution in [3.05, 3.63) is 65.1 Å². The molecule has 2 heterocycles. The van der Waals surface area contributed by atoms with Crippen LogP contribution in [0.3, 0.4) is 0 Å². The normalized spacial score (nSPS) is 13.4. The second-order valence-corrected chi connectivity index (χ2v) is 8.62. The van der Waals surface area contributed by atoms with Crippen LogP contribution in [0.2, 0.25) is 0 Å². The number of nitrogen functional groups attached to an aromatic ring is 1. The molecule has 2 amide bonds.